The highest BCUT2D eigenvalue weighted by atomic mass is 16.5. The van der Waals surface area contributed by atoms with E-state index in [1.165, 1.54) is 12.8 Å². The van der Waals surface area contributed by atoms with E-state index < -0.39 is 5.41 Å². The van der Waals surface area contributed by atoms with Crippen LogP contribution in [0.5, 0.6) is 0 Å². The lowest BCUT2D eigenvalue weighted by Gasteiger charge is -2.19. The van der Waals surface area contributed by atoms with Crippen LogP contribution in [0.3, 0.4) is 0 Å². The molecule has 0 spiro atoms. The zero-order valence-corrected chi connectivity index (χ0v) is 18.9. The number of hydrogen-bond donors (Lipinski definition) is 0. The summed E-state index contributed by atoms with van der Waals surface area (Å²) in [4.78, 5) is 19.4. The first-order chi connectivity index (χ1) is 14.2. The quantitative estimate of drug-likeness (QED) is 0.665. The van der Waals surface area contributed by atoms with Gasteiger partial charge in [0.1, 0.15) is 6.04 Å². The van der Waals surface area contributed by atoms with Gasteiger partial charge in [0.2, 0.25) is 5.91 Å². The van der Waals surface area contributed by atoms with Crippen molar-refractivity contribution < 1.29 is 14.3 Å². The molecule has 1 amide bonds. The SMILES string of the molecule is COCC(COC)n1nc(CC2(C)CC2)nc1-c1ccc2c(c1)C(C)(C)C(=O)N2C. The number of amides is 1. The summed E-state index contributed by atoms with van der Waals surface area (Å²) in [5, 5.41) is 4.88. The molecule has 0 saturated heterocycles. The zero-order valence-electron chi connectivity index (χ0n) is 18.9. The minimum absolute atomic E-state index is 0.0752. The normalized spacial score (nSPS) is 18.9. The molecule has 0 radical (unpaired) electrons. The molecular formula is C23H32N4O3. The number of rotatable bonds is 8. The van der Waals surface area contributed by atoms with Crippen LogP contribution in [0.25, 0.3) is 11.4 Å². The van der Waals surface area contributed by atoms with Crippen molar-refractivity contribution in [3.8, 4) is 11.4 Å². The lowest BCUT2D eigenvalue weighted by atomic mass is 9.85. The number of benzene rings is 1. The Bertz CT molecular complexity index is 955. The van der Waals surface area contributed by atoms with Crippen molar-refractivity contribution in [2.24, 2.45) is 5.41 Å². The monoisotopic (exact) mass is 412 g/mol. The summed E-state index contributed by atoms with van der Waals surface area (Å²) >= 11 is 0. The average Bonchev–Trinajstić information content (AvgIpc) is 3.24. The molecule has 0 N–H and O–H groups in total. The molecule has 1 aliphatic heterocycles. The van der Waals surface area contributed by atoms with Gasteiger partial charge in [0, 0.05) is 38.9 Å². The van der Waals surface area contributed by atoms with Crippen LogP contribution >= 0.6 is 0 Å². The Morgan fingerprint density at radius 2 is 1.80 bits per heavy atom. The summed E-state index contributed by atoms with van der Waals surface area (Å²) in [6.07, 6.45) is 3.31. The topological polar surface area (TPSA) is 69.5 Å². The van der Waals surface area contributed by atoms with E-state index in [0.717, 1.165) is 34.9 Å². The molecule has 2 aromatic rings. The molecule has 4 rings (SSSR count). The zero-order chi connectivity index (χ0) is 21.7. The van der Waals surface area contributed by atoms with Crippen LogP contribution in [0.15, 0.2) is 18.2 Å². The van der Waals surface area contributed by atoms with Gasteiger partial charge < -0.3 is 14.4 Å². The molecule has 2 aliphatic rings. The van der Waals surface area contributed by atoms with Crippen molar-refractivity contribution in [2.75, 3.05) is 39.4 Å². The van der Waals surface area contributed by atoms with Gasteiger partial charge in [0.25, 0.3) is 0 Å². The molecule has 0 bridgehead atoms. The Hall–Kier alpha value is -2.25. The number of fused-ring (bicyclic) bond motifs is 1. The number of aromatic nitrogens is 3. The van der Waals surface area contributed by atoms with Gasteiger partial charge in [-0.05, 0) is 55.9 Å². The largest absolute Gasteiger partial charge is 0.382 e. The van der Waals surface area contributed by atoms with Gasteiger partial charge in [0.05, 0.1) is 18.6 Å². The van der Waals surface area contributed by atoms with E-state index in [0.29, 0.717) is 18.6 Å². The molecule has 30 heavy (non-hydrogen) atoms. The average molecular weight is 413 g/mol. The van der Waals surface area contributed by atoms with Crippen LogP contribution in [0.2, 0.25) is 0 Å². The van der Waals surface area contributed by atoms with E-state index in [1.807, 2.05) is 37.7 Å². The summed E-state index contributed by atoms with van der Waals surface area (Å²) in [6, 6.07) is 6.06. The minimum Gasteiger partial charge on any atom is -0.382 e. The van der Waals surface area contributed by atoms with Crippen LogP contribution in [0, 0.1) is 5.41 Å². The predicted octanol–water partition coefficient (Wildman–Crippen LogP) is 3.38. The predicted molar refractivity (Wildman–Crippen MR) is 116 cm³/mol. The Morgan fingerprint density at radius 3 is 2.40 bits per heavy atom. The lowest BCUT2D eigenvalue weighted by Crippen LogP contribution is -2.33. The molecule has 162 valence electrons. The van der Waals surface area contributed by atoms with Crippen LogP contribution in [-0.4, -0.2) is 55.2 Å². The Morgan fingerprint density at radius 1 is 1.13 bits per heavy atom. The van der Waals surface area contributed by atoms with Crippen molar-refractivity contribution in [3.05, 3.63) is 29.6 Å². The van der Waals surface area contributed by atoms with Gasteiger partial charge in [0.15, 0.2) is 11.6 Å². The maximum atomic E-state index is 12.7. The Balaban J connectivity index is 1.79. The number of carbonyl (C=O) groups is 1. The van der Waals surface area contributed by atoms with Crippen molar-refractivity contribution in [2.45, 2.75) is 51.5 Å². The second-order valence-electron chi connectivity index (χ2n) is 9.57. The number of nitrogens with zero attached hydrogens (tertiary/aromatic N) is 4. The van der Waals surface area contributed by atoms with Crippen LogP contribution < -0.4 is 4.90 Å². The number of anilines is 1. The third-order valence-corrected chi connectivity index (χ3v) is 6.56. The Labute approximate surface area is 178 Å². The lowest BCUT2D eigenvalue weighted by molar-refractivity contribution is -0.121. The maximum Gasteiger partial charge on any atom is 0.236 e. The first-order valence-corrected chi connectivity index (χ1v) is 10.6. The summed E-state index contributed by atoms with van der Waals surface area (Å²) in [5.41, 5.74) is 2.69. The second kappa shape index (κ2) is 7.46. The summed E-state index contributed by atoms with van der Waals surface area (Å²) in [5.74, 6) is 1.76. The van der Waals surface area contributed by atoms with E-state index in [2.05, 4.69) is 13.0 Å². The van der Waals surface area contributed by atoms with Gasteiger partial charge >= 0.3 is 0 Å². The van der Waals surface area contributed by atoms with E-state index in [-0.39, 0.29) is 11.9 Å². The highest BCUT2D eigenvalue weighted by Crippen LogP contribution is 2.47. The molecule has 1 aromatic heterocycles. The third-order valence-electron chi connectivity index (χ3n) is 6.56. The maximum absolute atomic E-state index is 12.7. The molecule has 1 aromatic carbocycles. The number of ether oxygens (including phenoxy) is 2. The van der Waals surface area contributed by atoms with Crippen molar-refractivity contribution in [3.63, 3.8) is 0 Å². The highest BCUT2D eigenvalue weighted by Gasteiger charge is 2.43. The van der Waals surface area contributed by atoms with Crippen LogP contribution in [0.1, 0.15) is 51.0 Å². The number of likely N-dealkylation sites (N-methyl/N-ethyl adjacent to an activating group) is 1. The summed E-state index contributed by atoms with van der Waals surface area (Å²) < 4.78 is 12.8. The highest BCUT2D eigenvalue weighted by molar-refractivity contribution is 6.07. The van der Waals surface area contributed by atoms with E-state index in [9.17, 15) is 4.79 Å². The molecule has 1 fully saturated rings. The van der Waals surface area contributed by atoms with E-state index >= 15 is 0 Å². The van der Waals surface area contributed by atoms with Crippen LogP contribution in [-0.2, 0) is 26.1 Å². The molecule has 1 saturated carbocycles. The van der Waals surface area contributed by atoms with Gasteiger partial charge in [-0.15, -0.1) is 0 Å². The second-order valence-corrected chi connectivity index (χ2v) is 9.57. The van der Waals surface area contributed by atoms with Gasteiger partial charge in [-0.3, -0.25) is 4.79 Å². The third kappa shape index (κ3) is 3.54. The van der Waals surface area contributed by atoms with Gasteiger partial charge in [-0.1, -0.05) is 6.92 Å². The van der Waals surface area contributed by atoms with Crippen molar-refractivity contribution in [1.82, 2.24) is 14.8 Å². The van der Waals surface area contributed by atoms with Crippen molar-refractivity contribution >= 4 is 11.6 Å². The van der Waals surface area contributed by atoms with Crippen molar-refractivity contribution in [1.29, 1.82) is 0 Å². The fourth-order valence-corrected chi connectivity index (χ4v) is 4.35. The smallest absolute Gasteiger partial charge is 0.236 e. The fourth-order valence-electron chi connectivity index (χ4n) is 4.35. The van der Waals surface area contributed by atoms with Crippen LogP contribution in [0.4, 0.5) is 5.69 Å². The number of carbonyl (C=O) groups excluding carboxylic acids is 1. The standard InChI is InChI=1S/C23H32N4O3/c1-22(2)17-11-15(7-8-18(17)26(4)21(22)28)20-24-19(12-23(3)9-10-23)25-27(20)16(13-29-5)14-30-6/h7-8,11,16H,9-10,12-14H2,1-6H3. The summed E-state index contributed by atoms with van der Waals surface area (Å²) in [6.45, 7) is 7.21. The molecule has 1 aliphatic carbocycles. The molecule has 0 atom stereocenters. The first kappa shape index (κ1) is 21.0. The van der Waals surface area contributed by atoms with E-state index in [4.69, 9.17) is 19.6 Å². The summed E-state index contributed by atoms with van der Waals surface area (Å²) in [7, 11) is 5.20. The van der Waals surface area contributed by atoms with E-state index in [1.54, 1.807) is 19.1 Å². The number of hydrogen-bond acceptors (Lipinski definition) is 5. The Kier molecular flexibility index (Phi) is 5.22. The van der Waals surface area contributed by atoms with Gasteiger partial charge in [-0.2, -0.15) is 5.10 Å². The first-order valence-electron chi connectivity index (χ1n) is 10.6. The minimum atomic E-state index is -0.562. The molecular weight excluding hydrogens is 380 g/mol. The molecule has 7 nitrogen and oxygen atoms in total. The fraction of sp³-hybridized carbons (Fsp3) is 0.609. The molecule has 7 heteroatoms. The van der Waals surface area contributed by atoms with Gasteiger partial charge in [-0.25, -0.2) is 9.67 Å². The number of methoxy groups -OCH3 is 2. The molecule has 0 unspecified atom stereocenters. The molecule has 2 heterocycles.